The molecule has 6 heteroatoms. The smallest absolute Gasteiger partial charge is 0.245 e. The Morgan fingerprint density at radius 2 is 1.82 bits per heavy atom. The summed E-state index contributed by atoms with van der Waals surface area (Å²) in [5.41, 5.74) is 3.96. The summed E-state index contributed by atoms with van der Waals surface area (Å²) in [7, 11) is 0. The van der Waals surface area contributed by atoms with Crippen molar-refractivity contribution < 1.29 is 9.59 Å². The van der Waals surface area contributed by atoms with Crippen molar-refractivity contribution in [3.63, 3.8) is 0 Å². The van der Waals surface area contributed by atoms with Gasteiger partial charge in [-0.3, -0.25) is 9.59 Å². The number of nitrogens with one attached hydrogen (secondary N) is 1. The van der Waals surface area contributed by atoms with Gasteiger partial charge in [0.15, 0.2) is 0 Å². The third-order valence-electron chi connectivity index (χ3n) is 6.44. The monoisotopic (exact) mass is 468 g/mol. The van der Waals surface area contributed by atoms with Gasteiger partial charge in [-0.25, -0.2) is 4.68 Å². The summed E-state index contributed by atoms with van der Waals surface area (Å²) in [6, 6.07) is 8.04. The van der Waals surface area contributed by atoms with Gasteiger partial charge in [-0.05, 0) is 50.3 Å². The number of carbonyl (C=O) groups is 2. The van der Waals surface area contributed by atoms with E-state index < -0.39 is 0 Å². The number of unbranched alkanes of at least 4 members (excludes halogenated alkanes) is 1. The number of benzene rings is 1. The number of aromatic nitrogens is 2. The molecule has 0 radical (unpaired) electrons. The third kappa shape index (κ3) is 6.94. The molecule has 0 saturated heterocycles. The lowest BCUT2D eigenvalue weighted by Gasteiger charge is -2.26. The molecule has 1 heterocycles. The van der Waals surface area contributed by atoms with Gasteiger partial charge in [0, 0.05) is 23.9 Å². The number of rotatable bonds is 11. The van der Waals surface area contributed by atoms with Crippen LogP contribution in [0.1, 0.15) is 90.5 Å². The van der Waals surface area contributed by atoms with Crippen molar-refractivity contribution in [2.24, 2.45) is 5.92 Å². The molecule has 0 aliphatic carbocycles. The Bertz CT molecular complexity index is 971. The average Bonchev–Trinajstić information content (AvgIpc) is 3.19. The van der Waals surface area contributed by atoms with Crippen molar-refractivity contribution in [1.29, 1.82) is 0 Å². The molecule has 188 valence electrons. The number of aryl methyl sites for hydroxylation is 1. The zero-order valence-electron chi connectivity index (χ0n) is 22.5. The van der Waals surface area contributed by atoms with Crippen LogP contribution in [0.25, 0.3) is 5.69 Å². The fourth-order valence-corrected chi connectivity index (χ4v) is 4.09. The highest BCUT2D eigenvalue weighted by molar-refractivity contribution is 5.94. The number of nitrogens with zero attached hydrogens (tertiary/aromatic N) is 3. The number of anilines is 1. The van der Waals surface area contributed by atoms with Gasteiger partial charge in [0.25, 0.3) is 0 Å². The molecule has 0 spiro atoms. The second-order valence-electron chi connectivity index (χ2n) is 10.4. The SMILES string of the molecule is CCCCC(CC)C(=O)N(CCC)CC(=O)Nc1cc(C(C)(C)C)nn1-c1cccc(C)c1C. The van der Waals surface area contributed by atoms with Crippen LogP contribution in [0.4, 0.5) is 5.82 Å². The lowest BCUT2D eigenvalue weighted by Crippen LogP contribution is -2.42. The lowest BCUT2D eigenvalue weighted by atomic mass is 9.92. The van der Waals surface area contributed by atoms with Gasteiger partial charge in [-0.15, -0.1) is 0 Å². The maximum absolute atomic E-state index is 13.2. The Labute approximate surface area is 206 Å². The minimum absolute atomic E-state index is 0.0211. The fourth-order valence-electron chi connectivity index (χ4n) is 4.09. The van der Waals surface area contributed by atoms with Crippen molar-refractivity contribution in [2.75, 3.05) is 18.4 Å². The first-order valence-electron chi connectivity index (χ1n) is 12.8. The largest absolute Gasteiger partial charge is 0.333 e. The molecule has 2 rings (SSSR count). The van der Waals surface area contributed by atoms with Crippen LogP contribution >= 0.6 is 0 Å². The van der Waals surface area contributed by atoms with Gasteiger partial charge in [-0.2, -0.15) is 5.10 Å². The molecule has 0 saturated carbocycles. The van der Waals surface area contributed by atoms with E-state index >= 15 is 0 Å². The van der Waals surface area contributed by atoms with Crippen molar-refractivity contribution >= 4 is 17.6 Å². The zero-order valence-corrected chi connectivity index (χ0v) is 22.5. The van der Waals surface area contributed by atoms with Crippen LogP contribution in [-0.4, -0.2) is 39.6 Å². The van der Waals surface area contributed by atoms with Crippen molar-refractivity contribution in [2.45, 2.75) is 92.9 Å². The Hall–Kier alpha value is -2.63. The summed E-state index contributed by atoms with van der Waals surface area (Å²) in [4.78, 5) is 28.1. The molecule has 0 fully saturated rings. The van der Waals surface area contributed by atoms with E-state index in [0.29, 0.717) is 12.4 Å². The van der Waals surface area contributed by atoms with Crippen LogP contribution in [0, 0.1) is 19.8 Å². The molecular weight excluding hydrogens is 424 g/mol. The normalized spacial score (nSPS) is 12.5. The molecule has 1 unspecified atom stereocenters. The quantitative estimate of drug-likeness (QED) is 0.428. The van der Waals surface area contributed by atoms with Gasteiger partial charge >= 0.3 is 0 Å². The number of carbonyl (C=O) groups excluding carboxylic acids is 2. The second kappa shape index (κ2) is 12.2. The van der Waals surface area contributed by atoms with Gasteiger partial charge in [0.2, 0.25) is 11.8 Å². The van der Waals surface area contributed by atoms with E-state index in [-0.39, 0.29) is 29.7 Å². The van der Waals surface area contributed by atoms with Crippen molar-refractivity contribution in [1.82, 2.24) is 14.7 Å². The lowest BCUT2D eigenvalue weighted by molar-refractivity contribution is -0.138. The molecule has 0 aliphatic heterocycles. The van der Waals surface area contributed by atoms with Crippen LogP contribution in [0.15, 0.2) is 24.3 Å². The molecule has 1 aromatic carbocycles. The van der Waals surface area contributed by atoms with E-state index in [1.807, 2.05) is 29.8 Å². The molecular formula is C28H44N4O2. The molecule has 1 N–H and O–H groups in total. The van der Waals surface area contributed by atoms with Crippen molar-refractivity contribution in [3.05, 3.63) is 41.1 Å². The maximum Gasteiger partial charge on any atom is 0.245 e. The summed E-state index contributed by atoms with van der Waals surface area (Å²) in [5, 5.41) is 7.91. The first-order valence-corrected chi connectivity index (χ1v) is 12.8. The summed E-state index contributed by atoms with van der Waals surface area (Å²) in [6.07, 6.45) is 4.59. The Balaban J connectivity index is 2.32. The predicted octanol–water partition coefficient (Wildman–Crippen LogP) is 6.18. The van der Waals surface area contributed by atoms with E-state index in [9.17, 15) is 9.59 Å². The Morgan fingerprint density at radius 1 is 1.12 bits per heavy atom. The molecule has 0 bridgehead atoms. The molecule has 6 nitrogen and oxygen atoms in total. The summed E-state index contributed by atoms with van der Waals surface area (Å²) in [6.45, 7) is 17.3. The standard InChI is InChI=1S/C28H44N4O2/c1-9-12-15-22(11-3)27(34)31(17-10-2)19-26(33)29-25-18-24(28(6,7)8)30-32(25)23-16-13-14-20(4)21(23)5/h13-14,16,18,22H,9-12,15,17,19H2,1-8H3,(H,29,33). The predicted molar refractivity (Wildman–Crippen MR) is 141 cm³/mol. The van der Waals surface area contributed by atoms with E-state index in [1.54, 1.807) is 4.90 Å². The number of hydrogen-bond acceptors (Lipinski definition) is 3. The second-order valence-corrected chi connectivity index (χ2v) is 10.4. The molecule has 2 amide bonds. The Morgan fingerprint density at radius 3 is 2.41 bits per heavy atom. The maximum atomic E-state index is 13.2. The first kappa shape index (κ1) is 27.6. The van der Waals surface area contributed by atoms with Gasteiger partial charge < -0.3 is 10.2 Å². The molecule has 1 aromatic heterocycles. The van der Waals surface area contributed by atoms with Crippen LogP contribution in [0.3, 0.4) is 0 Å². The van der Waals surface area contributed by atoms with Crippen LogP contribution in [-0.2, 0) is 15.0 Å². The van der Waals surface area contributed by atoms with E-state index in [0.717, 1.165) is 49.0 Å². The molecule has 34 heavy (non-hydrogen) atoms. The molecule has 0 aliphatic rings. The average molecular weight is 469 g/mol. The Kier molecular flexibility index (Phi) is 9.90. The first-order chi connectivity index (χ1) is 16.0. The van der Waals surface area contributed by atoms with Gasteiger partial charge in [-0.1, -0.05) is 66.5 Å². The van der Waals surface area contributed by atoms with Gasteiger partial charge in [0.1, 0.15) is 5.82 Å². The molecule has 1 atom stereocenters. The number of amides is 2. The van der Waals surface area contributed by atoms with E-state index in [2.05, 4.69) is 59.8 Å². The topological polar surface area (TPSA) is 67.2 Å². The summed E-state index contributed by atoms with van der Waals surface area (Å²) >= 11 is 0. The van der Waals surface area contributed by atoms with Crippen molar-refractivity contribution in [3.8, 4) is 5.69 Å². The third-order valence-corrected chi connectivity index (χ3v) is 6.44. The number of hydrogen-bond donors (Lipinski definition) is 1. The molecule has 2 aromatic rings. The zero-order chi connectivity index (χ0) is 25.5. The highest BCUT2D eigenvalue weighted by Gasteiger charge is 2.26. The fraction of sp³-hybridized carbons (Fsp3) is 0.607. The minimum atomic E-state index is -0.195. The van der Waals surface area contributed by atoms with Gasteiger partial charge in [0.05, 0.1) is 17.9 Å². The summed E-state index contributed by atoms with van der Waals surface area (Å²) in [5.74, 6) is 0.503. The summed E-state index contributed by atoms with van der Waals surface area (Å²) < 4.78 is 1.82. The highest BCUT2D eigenvalue weighted by atomic mass is 16.2. The van der Waals surface area contributed by atoms with Crippen LogP contribution < -0.4 is 5.32 Å². The highest BCUT2D eigenvalue weighted by Crippen LogP contribution is 2.28. The van der Waals surface area contributed by atoms with E-state index in [1.165, 1.54) is 5.56 Å². The van der Waals surface area contributed by atoms with Crippen LogP contribution in [0.5, 0.6) is 0 Å². The minimum Gasteiger partial charge on any atom is -0.333 e. The van der Waals surface area contributed by atoms with E-state index in [4.69, 9.17) is 5.10 Å². The van der Waals surface area contributed by atoms with Crippen LogP contribution in [0.2, 0.25) is 0 Å².